The van der Waals surface area contributed by atoms with Gasteiger partial charge >= 0.3 is 0 Å². The summed E-state index contributed by atoms with van der Waals surface area (Å²) in [7, 11) is 0. The number of aromatic nitrogens is 2. The van der Waals surface area contributed by atoms with E-state index in [4.69, 9.17) is 9.97 Å². The molecule has 3 nitrogen and oxygen atoms in total. The molecule has 0 aliphatic heterocycles. The van der Waals surface area contributed by atoms with Crippen molar-refractivity contribution in [3.05, 3.63) is 53.5 Å². The summed E-state index contributed by atoms with van der Waals surface area (Å²) in [5, 5.41) is 3.32. The minimum absolute atomic E-state index is 0.0522. The molecule has 1 saturated carbocycles. The standard InChI is InChI=1S/C17H21N3/c1-3-14-12-15(18-4-2)20-16(19-14)17(10-11-17)13-8-6-5-7-9-13/h5-9,12H,3-4,10-11H2,1-2H3,(H,18,19,20). The highest BCUT2D eigenvalue weighted by atomic mass is 15.0. The van der Waals surface area contributed by atoms with Gasteiger partial charge in [0.15, 0.2) is 0 Å². The molecule has 1 heterocycles. The van der Waals surface area contributed by atoms with Gasteiger partial charge in [-0.3, -0.25) is 0 Å². The summed E-state index contributed by atoms with van der Waals surface area (Å²) < 4.78 is 0. The maximum absolute atomic E-state index is 4.79. The number of hydrogen-bond acceptors (Lipinski definition) is 3. The number of rotatable bonds is 5. The zero-order valence-electron chi connectivity index (χ0n) is 12.2. The summed E-state index contributed by atoms with van der Waals surface area (Å²) in [5.74, 6) is 1.94. The number of aryl methyl sites for hydroxylation is 1. The first-order chi connectivity index (χ1) is 9.78. The van der Waals surface area contributed by atoms with Gasteiger partial charge < -0.3 is 5.32 Å². The minimum Gasteiger partial charge on any atom is -0.370 e. The molecule has 1 fully saturated rings. The van der Waals surface area contributed by atoms with Crippen LogP contribution in [0.1, 0.15) is 43.8 Å². The minimum atomic E-state index is 0.0522. The van der Waals surface area contributed by atoms with Crippen LogP contribution in [0.3, 0.4) is 0 Å². The molecule has 0 atom stereocenters. The number of anilines is 1. The lowest BCUT2D eigenvalue weighted by Crippen LogP contribution is -2.16. The lowest BCUT2D eigenvalue weighted by atomic mass is 9.95. The van der Waals surface area contributed by atoms with E-state index in [1.54, 1.807) is 0 Å². The predicted octanol–water partition coefficient (Wildman–Crippen LogP) is 3.55. The number of nitrogens with one attached hydrogen (secondary N) is 1. The van der Waals surface area contributed by atoms with Crippen LogP contribution < -0.4 is 5.32 Å². The first-order valence-electron chi connectivity index (χ1n) is 7.46. The van der Waals surface area contributed by atoms with E-state index in [1.807, 2.05) is 0 Å². The number of benzene rings is 1. The fourth-order valence-electron chi connectivity index (χ4n) is 2.69. The van der Waals surface area contributed by atoms with Gasteiger partial charge in [0.05, 0.1) is 5.41 Å². The second-order valence-electron chi connectivity index (χ2n) is 5.40. The Kier molecular flexibility index (Phi) is 3.43. The molecule has 1 aliphatic carbocycles. The molecule has 1 aliphatic rings. The zero-order chi connectivity index (χ0) is 14.0. The highest BCUT2D eigenvalue weighted by Crippen LogP contribution is 2.52. The van der Waals surface area contributed by atoms with Crippen molar-refractivity contribution in [1.29, 1.82) is 0 Å². The molecule has 1 aromatic carbocycles. The second-order valence-corrected chi connectivity index (χ2v) is 5.40. The first-order valence-corrected chi connectivity index (χ1v) is 7.46. The number of hydrogen-bond donors (Lipinski definition) is 1. The van der Waals surface area contributed by atoms with Crippen LogP contribution >= 0.6 is 0 Å². The van der Waals surface area contributed by atoms with E-state index in [2.05, 4.69) is 55.6 Å². The van der Waals surface area contributed by atoms with Gasteiger partial charge in [0.25, 0.3) is 0 Å². The molecule has 104 valence electrons. The lowest BCUT2D eigenvalue weighted by Gasteiger charge is -2.16. The van der Waals surface area contributed by atoms with Crippen LogP contribution in [0, 0.1) is 0 Å². The second kappa shape index (κ2) is 5.23. The van der Waals surface area contributed by atoms with Crippen LogP contribution in [0.15, 0.2) is 36.4 Å². The Morgan fingerprint density at radius 2 is 1.85 bits per heavy atom. The molecule has 20 heavy (non-hydrogen) atoms. The summed E-state index contributed by atoms with van der Waals surface area (Å²) >= 11 is 0. The topological polar surface area (TPSA) is 37.8 Å². The van der Waals surface area contributed by atoms with Crippen LogP contribution in [0.25, 0.3) is 0 Å². The number of nitrogens with zero attached hydrogens (tertiary/aromatic N) is 2. The van der Waals surface area contributed by atoms with E-state index in [0.717, 1.165) is 43.1 Å². The third kappa shape index (κ3) is 2.28. The van der Waals surface area contributed by atoms with Crippen LogP contribution in [0.5, 0.6) is 0 Å². The van der Waals surface area contributed by atoms with Crippen molar-refractivity contribution in [2.24, 2.45) is 0 Å². The largest absolute Gasteiger partial charge is 0.370 e. The molecule has 0 bridgehead atoms. The molecule has 3 rings (SSSR count). The average molecular weight is 267 g/mol. The van der Waals surface area contributed by atoms with E-state index in [0.29, 0.717) is 0 Å². The maximum Gasteiger partial charge on any atom is 0.141 e. The van der Waals surface area contributed by atoms with Crippen molar-refractivity contribution < 1.29 is 0 Å². The van der Waals surface area contributed by atoms with Crippen LogP contribution in [0.4, 0.5) is 5.82 Å². The van der Waals surface area contributed by atoms with Gasteiger partial charge in [0.2, 0.25) is 0 Å². The van der Waals surface area contributed by atoms with Gasteiger partial charge in [-0.25, -0.2) is 9.97 Å². The summed E-state index contributed by atoms with van der Waals surface area (Å²) in [4.78, 5) is 9.55. The van der Waals surface area contributed by atoms with E-state index >= 15 is 0 Å². The molecule has 1 aromatic heterocycles. The SMILES string of the molecule is CCNc1cc(CC)nc(C2(c3ccccc3)CC2)n1. The van der Waals surface area contributed by atoms with E-state index < -0.39 is 0 Å². The summed E-state index contributed by atoms with van der Waals surface area (Å²) in [6, 6.07) is 12.7. The molecule has 0 radical (unpaired) electrons. The summed E-state index contributed by atoms with van der Waals surface area (Å²) in [6.45, 7) is 5.12. The molecular weight excluding hydrogens is 246 g/mol. The monoisotopic (exact) mass is 267 g/mol. The van der Waals surface area contributed by atoms with Crippen LogP contribution in [-0.2, 0) is 11.8 Å². The predicted molar refractivity (Wildman–Crippen MR) is 82.0 cm³/mol. The van der Waals surface area contributed by atoms with Gasteiger partial charge in [-0.1, -0.05) is 37.3 Å². The lowest BCUT2D eigenvalue weighted by molar-refractivity contribution is 0.741. The fraction of sp³-hybridized carbons (Fsp3) is 0.412. The molecule has 0 spiro atoms. The van der Waals surface area contributed by atoms with Crippen molar-refractivity contribution in [2.45, 2.75) is 38.5 Å². The van der Waals surface area contributed by atoms with Gasteiger partial charge in [-0.05, 0) is 31.7 Å². The van der Waals surface area contributed by atoms with Gasteiger partial charge in [-0.15, -0.1) is 0 Å². The maximum atomic E-state index is 4.79. The Balaban J connectivity index is 2.03. The molecular formula is C17H21N3. The summed E-state index contributed by atoms with van der Waals surface area (Å²) in [5.41, 5.74) is 2.51. The Morgan fingerprint density at radius 3 is 2.45 bits per heavy atom. The molecule has 3 heteroatoms. The van der Waals surface area contributed by atoms with E-state index in [-0.39, 0.29) is 5.41 Å². The molecule has 1 N–H and O–H groups in total. The normalized spacial score (nSPS) is 15.9. The summed E-state index contributed by atoms with van der Waals surface area (Å²) in [6.07, 6.45) is 3.24. The highest BCUT2D eigenvalue weighted by Gasteiger charge is 2.48. The van der Waals surface area contributed by atoms with Crippen LogP contribution in [-0.4, -0.2) is 16.5 Å². The van der Waals surface area contributed by atoms with Crippen molar-refractivity contribution >= 4 is 5.82 Å². The van der Waals surface area contributed by atoms with Crippen molar-refractivity contribution in [1.82, 2.24) is 9.97 Å². The smallest absolute Gasteiger partial charge is 0.141 e. The van der Waals surface area contributed by atoms with Gasteiger partial charge in [-0.2, -0.15) is 0 Å². The first kappa shape index (κ1) is 13.1. The van der Waals surface area contributed by atoms with E-state index in [9.17, 15) is 0 Å². The quantitative estimate of drug-likeness (QED) is 0.900. The Hall–Kier alpha value is -1.90. The van der Waals surface area contributed by atoms with Crippen molar-refractivity contribution in [3.8, 4) is 0 Å². The Morgan fingerprint density at radius 1 is 1.10 bits per heavy atom. The average Bonchev–Trinajstić information content (AvgIpc) is 3.30. The zero-order valence-corrected chi connectivity index (χ0v) is 12.2. The van der Waals surface area contributed by atoms with Crippen molar-refractivity contribution in [3.63, 3.8) is 0 Å². The van der Waals surface area contributed by atoms with Gasteiger partial charge in [0, 0.05) is 18.3 Å². The van der Waals surface area contributed by atoms with Gasteiger partial charge in [0.1, 0.15) is 11.6 Å². The molecule has 0 amide bonds. The highest BCUT2D eigenvalue weighted by molar-refractivity contribution is 5.44. The van der Waals surface area contributed by atoms with Crippen molar-refractivity contribution in [2.75, 3.05) is 11.9 Å². The third-order valence-corrected chi connectivity index (χ3v) is 4.00. The molecule has 0 saturated heterocycles. The molecule has 0 unspecified atom stereocenters. The van der Waals surface area contributed by atoms with E-state index in [1.165, 1.54) is 5.56 Å². The Labute approximate surface area is 120 Å². The third-order valence-electron chi connectivity index (χ3n) is 4.00. The molecule has 2 aromatic rings. The Bertz CT molecular complexity index is 588. The fourth-order valence-corrected chi connectivity index (χ4v) is 2.69. The van der Waals surface area contributed by atoms with Crippen LogP contribution in [0.2, 0.25) is 0 Å².